The average molecular weight is 528 g/mol. The molecule has 0 saturated heterocycles. The summed E-state index contributed by atoms with van der Waals surface area (Å²) >= 11 is 1.52. The Morgan fingerprint density at radius 3 is 2.51 bits per heavy atom. The van der Waals surface area contributed by atoms with Crippen LogP contribution in [0.15, 0.2) is 71.6 Å². The maximum atomic E-state index is 12.6. The number of benzene rings is 3. The van der Waals surface area contributed by atoms with Crippen molar-refractivity contribution >= 4 is 50.8 Å². The second kappa shape index (κ2) is 10.7. The molecule has 37 heavy (non-hydrogen) atoms. The number of carboxylic acid groups (broad SMARTS) is 1. The van der Waals surface area contributed by atoms with Gasteiger partial charge in [0.15, 0.2) is 5.82 Å². The van der Waals surface area contributed by atoms with Crippen molar-refractivity contribution in [2.24, 2.45) is 0 Å². The first-order valence-electron chi connectivity index (χ1n) is 10.9. The monoisotopic (exact) mass is 527 g/mol. The van der Waals surface area contributed by atoms with Crippen molar-refractivity contribution in [2.45, 2.75) is 19.1 Å². The molecule has 4 N–H and O–H groups in total. The average Bonchev–Trinajstić information content (AvgIpc) is 3.53. The maximum Gasteiger partial charge on any atom is 0.490 e. The SMILES string of the molecule is CC(NC(=O)Nc1ccc2nc(-c3cscn3)[nH]c2c1)c1cccc2ccccc12.O=C(O)C(F)(F)F. The van der Waals surface area contributed by atoms with E-state index in [-0.39, 0.29) is 12.1 Å². The molecule has 2 amide bonds. The number of fused-ring (bicyclic) bond motifs is 2. The predicted octanol–water partition coefficient (Wildman–Crippen LogP) is 6.36. The summed E-state index contributed by atoms with van der Waals surface area (Å²) in [6.45, 7) is 1.99. The summed E-state index contributed by atoms with van der Waals surface area (Å²) in [5, 5.41) is 17.3. The van der Waals surface area contributed by atoms with Gasteiger partial charge in [-0.15, -0.1) is 11.3 Å². The summed E-state index contributed by atoms with van der Waals surface area (Å²) in [7, 11) is 0. The van der Waals surface area contributed by atoms with Crippen molar-refractivity contribution in [2.75, 3.05) is 5.32 Å². The van der Waals surface area contributed by atoms with E-state index in [0.717, 1.165) is 38.9 Å². The lowest BCUT2D eigenvalue weighted by atomic mass is 10.00. The summed E-state index contributed by atoms with van der Waals surface area (Å²) in [5.74, 6) is -2.04. The third kappa shape index (κ3) is 6.22. The number of rotatable bonds is 4. The van der Waals surface area contributed by atoms with Gasteiger partial charge in [0.05, 0.1) is 22.6 Å². The van der Waals surface area contributed by atoms with Crippen molar-refractivity contribution in [3.8, 4) is 11.5 Å². The number of aromatic amines is 1. The van der Waals surface area contributed by atoms with Crippen LogP contribution in [0.4, 0.5) is 23.7 Å². The molecule has 0 bridgehead atoms. The molecule has 0 saturated carbocycles. The summed E-state index contributed by atoms with van der Waals surface area (Å²) in [4.78, 5) is 33.6. The van der Waals surface area contributed by atoms with Crippen LogP contribution in [0.5, 0.6) is 0 Å². The third-order valence-electron chi connectivity index (χ3n) is 5.29. The lowest BCUT2D eigenvalue weighted by molar-refractivity contribution is -0.192. The molecule has 2 aromatic heterocycles. The molecule has 190 valence electrons. The molecule has 0 aliphatic carbocycles. The van der Waals surface area contributed by atoms with Crippen LogP contribution in [0.3, 0.4) is 0 Å². The van der Waals surface area contributed by atoms with Crippen molar-refractivity contribution in [1.29, 1.82) is 0 Å². The Kier molecular flexibility index (Phi) is 7.39. The molecule has 0 spiro atoms. The van der Waals surface area contributed by atoms with Crippen LogP contribution in [0, 0.1) is 0 Å². The number of carboxylic acids is 1. The number of hydrogen-bond donors (Lipinski definition) is 4. The zero-order valence-electron chi connectivity index (χ0n) is 19.2. The first-order chi connectivity index (χ1) is 17.6. The van der Waals surface area contributed by atoms with E-state index in [1.165, 1.54) is 11.3 Å². The van der Waals surface area contributed by atoms with Gasteiger partial charge >= 0.3 is 18.2 Å². The molecule has 1 unspecified atom stereocenters. The Labute approximate surface area is 212 Å². The number of aliphatic carboxylic acids is 1. The number of aromatic nitrogens is 3. The Bertz CT molecular complexity index is 1550. The fraction of sp³-hybridized carbons (Fsp3) is 0.120. The van der Waals surface area contributed by atoms with Gasteiger partial charge in [-0.25, -0.2) is 19.6 Å². The van der Waals surface area contributed by atoms with Gasteiger partial charge in [-0.1, -0.05) is 42.5 Å². The van der Waals surface area contributed by atoms with Gasteiger partial charge < -0.3 is 20.7 Å². The fourth-order valence-corrected chi connectivity index (χ4v) is 4.14. The number of alkyl halides is 3. The minimum Gasteiger partial charge on any atom is -0.475 e. The van der Waals surface area contributed by atoms with E-state index >= 15 is 0 Å². The number of H-pyrrole nitrogens is 1. The first-order valence-corrected chi connectivity index (χ1v) is 11.8. The lowest BCUT2D eigenvalue weighted by Crippen LogP contribution is -2.31. The molecule has 0 aliphatic rings. The highest BCUT2D eigenvalue weighted by Gasteiger charge is 2.38. The Hall–Kier alpha value is -4.45. The molecule has 5 aromatic rings. The van der Waals surface area contributed by atoms with Crippen LogP contribution < -0.4 is 10.6 Å². The third-order valence-corrected chi connectivity index (χ3v) is 5.88. The number of urea groups is 1. The number of hydrogen-bond acceptors (Lipinski definition) is 5. The van der Waals surface area contributed by atoms with E-state index in [1.54, 1.807) is 5.51 Å². The normalized spacial score (nSPS) is 12.0. The van der Waals surface area contributed by atoms with Crippen LogP contribution >= 0.6 is 11.3 Å². The van der Waals surface area contributed by atoms with Crippen LogP contribution in [-0.4, -0.2) is 38.2 Å². The van der Waals surface area contributed by atoms with E-state index in [2.05, 4.69) is 43.8 Å². The summed E-state index contributed by atoms with van der Waals surface area (Å²) < 4.78 is 31.7. The lowest BCUT2D eigenvalue weighted by Gasteiger charge is -2.17. The Balaban J connectivity index is 0.000000405. The van der Waals surface area contributed by atoms with Gasteiger partial charge in [0, 0.05) is 11.1 Å². The number of anilines is 1. The fourth-order valence-electron chi connectivity index (χ4n) is 3.61. The molecule has 1 atom stereocenters. The van der Waals surface area contributed by atoms with Crippen molar-refractivity contribution in [3.05, 3.63) is 77.1 Å². The molecular weight excluding hydrogens is 507 g/mol. The minimum atomic E-state index is -5.08. The van der Waals surface area contributed by atoms with Crippen molar-refractivity contribution < 1.29 is 27.9 Å². The van der Waals surface area contributed by atoms with Crippen LogP contribution in [0.2, 0.25) is 0 Å². The van der Waals surface area contributed by atoms with Gasteiger partial charge in [0.2, 0.25) is 0 Å². The number of carbonyl (C=O) groups is 2. The number of amides is 2. The van der Waals surface area contributed by atoms with E-state index in [4.69, 9.17) is 9.90 Å². The number of carbonyl (C=O) groups excluding carboxylic acids is 1. The van der Waals surface area contributed by atoms with Gasteiger partial charge in [-0.2, -0.15) is 13.2 Å². The highest BCUT2D eigenvalue weighted by Crippen LogP contribution is 2.25. The number of imidazole rings is 1. The van der Waals surface area contributed by atoms with Gasteiger partial charge in [-0.3, -0.25) is 0 Å². The van der Waals surface area contributed by atoms with Crippen molar-refractivity contribution in [3.63, 3.8) is 0 Å². The number of nitrogens with zero attached hydrogens (tertiary/aromatic N) is 2. The number of nitrogens with one attached hydrogen (secondary N) is 3. The van der Waals surface area contributed by atoms with Crippen molar-refractivity contribution in [1.82, 2.24) is 20.3 Å². The van der Waals surface area contributed by atoms with Crippen LogP contribution in [-0.2, 0) is 4.79 Å². The number of halogens is 3. The predicted molar refractivity (Wildman–Crippen MR) is 135 cm³/mol. The molecule has 5 rings (SSSR count). The number of thiazole rings is 1. The van der Waals surface area contributed by atoms with Gasteiger partial charge in [0.1, 0.15) is 5.69 Å². The second-order valence-corrected chi connectivity index (χ2v) is 8.60. The minimum absolute atomic E-state index is 0.136. The molecule has 2 heterocycles. The summed E-state index contributed by atoms with van der Waals surface area (Å²) in [6, 6.07) is 19.5. The van der Waals surface area contributed by atoms with Crippen LogP contribution in [0.1, 0.15) is 18.5 Å². The highest BCUT2D eigenvalue weighted by molar-refractivity contribution is 7.07. The van der Waals surface area contributed by atoms with E-state index in [9.17, 15) is 18.0 Å². The zero-order valence-corrected chi connectivity index (χ0v) is 20.0. The molecular formula is C25H20F3N5O3S. The Morgan fingerprint density at radius 1 is 1.08 bits per heavy atom. The van der Waals surface area contributed by atoms with Gasteiger partial charge in [0.25, 0.3) is 0 Å². The quantitative estimate of drug-likeness (QED) is 0.217. The molecule has 0 radical (unpaired) electrons. The van der Waals surface area contributed by atoms with Gasteiger partial charge in [-0.05, 0) is 41.5 Å². The largest absolute Gasteiger partial charge is 0.490 e. The first kappa shape index (κ1) is 25.6. The van der Waals surface area contributed by atoms with E-state index in [0.29, 0.717) is 5.69 Å². The summed E-state index contributed by atoms with van der Waals surface area (Å²) in [6.07, 6.45) is -5.08. The maximum absolute atomic E-state index is 12.6. The standard InChI is InChI=1S/C23H19N5OS.C2HF3O2/c1-14(17-8-4-6-15-5-2-3-7-18(15)17)25-23(29)26-16-9-10-19-20(11-16)28-22(27-19)21-12-30-13-24-21;3-2(4,5)1(6)7/h2-14H,1H3,(H,27,28)(H2,25,26,29);(H,6,7). The Morgan fingerprint density at radius 2 is 1.81 bits per heavy atom. The smallest absolute Gasteiger partial charge is 0.475 e. The molecule has 0 fully saturated rings. The van der Waals surface area contributed by atoms with Crippen LogP contribution in [0.25, 0.3) is 33.3 Å². The van der Waals surface area contributed by atoms with E-state index in [1.807, 2.05) is 54.8 Å². The van der Waals surface area contributed by atoms with E-state index < -0.39 is 12.1 Å². The molecule has 0 aliphatic heterocycles. The second-order valence-electron chi connectivity index (χ2n) is 7.88. The summed E-state index contributed by atoms with van der Waals surface area (Å²) in [5.41, 5.74) is 6.04. The highest BCUT2D eigenvalue weighted by atomic mass is 32.1. The molecule has 8 nitrogen and oxygen atoms in total. The topological polar surface area (TPSA) is 120 Å². The zero-order chi connectivity index (χ0) is 26.6. The molecule has 3 aromatic carbocycles. The molecule has 12 heteroatoms.